The second-order valence-electron chi connectivity index (χ2n) is 7.98. The molecule has 0 radical (unpaired) electrons. The number of carbonyl (C=O) groups excluding carboxylic acids is 2. The molecule has 1 amide bonds. The number of phenols is 1. The van der Waals surface area contributed by atoms with Crippen molar-refractivity contribution < 1.29 is 24.5 Å². The van der Waals surface area contributed by atoms with Crippen molar-refractivity contribution in [3.8, 4) is 11.5 Å². The summed E-state index contributed by atoms with van der Waals surface area (Å²) in [5, 5.41) is 24.8. The Morgan fingerprint density at radius 1 is 1.14 bits per heavy atom. The van der Waals surface area contributed by atoms with Gasteiger partial charge < -0.3 is 20.3 Å². The fraction of sp³-hybridized carbons (Fsp3) is 0.333. The van der Waals surface area contributed by atoms with Gasteiger partial charge in [-0.05, 0) is 30.0 Å². The number of fused-ring (bicyclic) bond motifs is 1. The quantitative estimate of drug-likeness (QED) is 0.665. The molecule has 1 aliphatic rings. The van der Waals surface area contributed by atoms with E-state index >= 15 is 0 Å². The highest BCUT2D eigenvalue weighted by atomic mass is 35.5. The molecule has 6 nitrogen and oxygen atoms in total. The van der Waals surface area contributed by atoms with E-state index in [4.69, 9.17) is 16.3 Å². The minimum absolute atomic E-state index is 0.0334. The number of ketones is 1. The van der Waals surface area contributed by atoms with Crippen LogP contribution < -0.4 is 10.1 Å². The van der Waals surface area contributed by atoms with Crippen LogP contribution >= 0.6 is 11.6 Å². The van der Waals surface area contributed by atoms with Crippen LogP contribution in [0.25, 0.3) is 0 Å². The Bertz CT molecular complexity index is 1010. The molecule has 0 bridgehead atoms. The molecule has 28 heavy (non-hydrogen) atoms. The average molecular weight is 404 g/mol. The monoisotopic (exact) mass is 403 g/mol. The molecule has 2 aromatic rings. The van der Waals surface area contributed by atoms with Gasteiger partial charge >= 0.3 is 0 Å². The number of methoxy groups -OCH3 is 1. The van der Waals surface area contributed by atoms with Gasteiger partial charge in [0.15, 0.2) is 0 Å². The molecule has 148 valence electrons. The lowest BCUT2D eigenvalue weighted by molar-refractivity contribution is -0.130. The molecule has 1 heterocycles. The number of aliphatic hydroxyl groups is 1. The van der Waals surface area contributed by atoms with Crippen molar-refractivity contribution in [1.29, 1.82) is 0 Å². The van der Waals surface area contributed by atoms with E-state index in [1.54, 1.807) is 13.0 Å². The van der Waals surface area contributed by atoms with Crippen LogP contribution in [-0.4, -0.2) is 29.0 Å². The lowest BCUT2D eigenvalue weighted by Crippen LogP contribution is -2.50. The molecule has 0 fully saturated rings. The molecule has 3 N–H and O–H groups in total. The lowest BCUT2D eigenvalue weighted by Gasteiger charge is -2.33. The number of rotatable bonds is 2. The van der Waals surface area contributed by atoms with E-state index in [0.29, 0.717) is 11.1 Å². The molecule has 7 heteroatoms. The highest BCUT2D eigenvalue weighted by Gasteiger charge is 2.52. The molecule has 0 aliphatic carbocycles. The fourth-order valence-electron chi connectivity index (χ4n) is 3.38. The summed E-state index contributed by atoms with van der Waals surface area (Å²) < 4.78 is 5.11. The van der Waals surface area contributed by atoms with Gasteiger partial charge in [-0.25, -0.2) is 0 Å². The molecule has 1 atom stereocenters. The largest absolute Gasteiger partial charge is 0.507 e. The first-order chi connectivity index (χ1) is 12.9. The summed E-state index contributed by atoms with van der Waals surface area (Å²) in [5.41, 5.74) is -1.77. The van der Waals surface area contributed by atoms with Crippen LogP contribution in [0.3, 0.4) is 0 Å². The first-order valence-corrected chi connectivity index (χ1v) is 9.09. The van der Waals surface area contributed by atoms with Crippen LogP contribution in [0, 0.1) is 6.92 Å². The van der Waals surface area contributed by atoms with Crippen molar-refractivity contribution in [1.82, 2.24) is 0 Å². The standard InChI is InChI=1S/C21H22ClNO5/c1-10-6-12(20(2,3)4)17(24)13(7-10)21(27)18(25)11-8-14(22)16(28-5)9-15(11)23-19(21)26/h6-9,24,27H,1-5H3,(H,23,26). The number of amides is 1. The van der Waals surface area contributed by atoms with E-state index in [0.717, 1.165) is 0 Å². The Morgan fingerprint density at radius 2 is 1.79 bits per heavy atom. The van der Waals surface area contributed by atoms with Crippen LogP contribution in [-0.2, 0) is 15.8 Å². The molecule has 0 spiro atoms. The van der Waals surface area contributed by atoms with Crippen LogP contribution in [0.5, 0.6) is 11.5 Å². The van der Waals surface area contributed by atoms with Crippen molar-refractivity contribution in [3.05, 3.63) is 51.5 Å². The predicted octanol–water partition coefficient (Wildman–Crippen LogP) is 3.68. The van der Waals surface area contributed by atoms with Gasteiger partial charge in [-0.1, -0.05) is 44.0 Å². The summed E-state index contributed by atoms with van der Waals surface area (Å²) in [4.78, 5) is 26.0. The highest BCUT2D eigenvalue weighted by Crippen LogP contribution is 2.44. The third-order valence-corrected chi connectivity index (χ3v) is 5.19. The van der Waals surface area contributed by atoms with Crippen molar-refractivity contribution in [3.63, 3.8) is 0 Å². The average Bonchev–Trinajstić information content (AvgIpc) is 2.61. The van der Waals surface area contributed by atoms with Gasteiger partial charge in [0.1, 0.15) is 11.5 Å². The number of nitrogens with one attached hydrogen (secondary N) is 1. The van der Waals surface area contributed by atoms with Gasteiger partial charge in [0.25, 0.3) is 5.91 Å². The normalized spacial score (nSPS) is 19.2. The lowest BCUT2D eigenvalue weighted by atomic mass is 9.77. The number of ether oxygens (including phenoxy) is 1. The second-order valence-corrected chi connectivity index (χ2v) is 8.39. The van der Waals surface area contributed by atoms with Gasteiger partial charge in [0.2, 0.25) is 11.4 Å². The molecule has 0 saturated heterocycles. The summed E-state index contributed by atoms with van der Waals surface area (Å²) in [6.45, 7) is 7.43. The summed E-state index contributed by atoms with van der Waals surface area (Å²) in [6, 6.07) is 5.96. The number of aryl methyl sites for hydroxylation is 1. The Balaban J connectivity index is 2.26. The SMILES string of the molecule is COc1cc2c(cc1Cl)C(=O)C(O)(c1cc(C)cc(C(C)(C)C)c1O)C(=O)N2. The highest BCUT2D eigenvalue weighted by molar-refractivity contribution is 6.34. The minimum Gasteiger partial charge on any atom is -0.507 e. The Kier molecular flexibility index (Phi) is 4.68. The van der Waals surface area contributed by atoms with E-state index in [-0.39, 0.29) is 33.3 Å². The number of benzene rings is 2. The maximum atomic E-state index is 13.2. The molecular weight excluding hydrogens is 382 g/mol. The van der Waals surface area contributed by atoms with Gasteiger partial charge in [0.05, 0.1) is 17.8 Å². The van der Waals surface area contributed by atoms with Gasteiger partial charge in [-0.15, -0.1) is 0 Å². The van der Waals surface area contributed by atoms with Crippen LogP contribution in [0.2, 0.25) is 5.02 Å². The summed E-state index contributed by atoms with van der Waals surface area (Å²) in [7, 11) is 1.41. The predicted molar refractivity (Wildman–Crippen MR) is 106 cm³/mol. The maximum absolute atomic E-state index is 13.2. The zero-order valence-electron chi connectivity index (χ0n) is 16.3. The van der Waals surface area contributed by atoms with E-state index in [1.165, 1.54) is 25.3 Å². The van der Waals surface area contributed by atoms with Crippen LogP contribution in [0.4, 0.5) is 5.69 Å². The van der Waals surface area contributed by atoms with Crippen molar-refractivity contribution >= 4 is 29.0 Å². The first kappa shape index (κ1) is 20.2. The Hall–Kier alpha value is -2.57. The summed E-state index contributed by atoms with van der Waals surface area (Å²) >= 11 is 6.12. The number of phenolic OH excluding ortho intramolecular Hbond substituents is 1. The number of carbonyl (C=O) groups is 2. The Labute approximate surface area is 168 Å². The third kappa shape index (κ3) is 2.93. The molecular formula is C21H22ClNO5. The van der Waals surface area contributed by atoms with Crippen LogP contribution in [0.1, 0.15) is 47.8 Å². The topological polar surface area (TPSA) is 95.9 Å². The molecule has 0 aromatic heterocycles. The van der Waals surface area contributed by atoms with Crippen molar-refractivity contribution in [2.75, 3.05) is 12.4 Å². The fourth-order valence-corrected chi connectivity index (χ4v) is 3.62. The smallest absolute Gasteiger partial charge is 0.269 e. The van der Waals surface area contributed by atoms with Gasteiger partial charge in [0, 0.05) is 17.2 Å². The number of hydrogen-bond donors (Lipinski definition) is 3. The number of hydrogen-bond acceptors (Lipinski definition) is 5. The van der Waals surface area contributed by atoms with Crippen molar-refractivity contribution in [2.24, 2.45) is 0 Å². The van der Waals surface area contributed by atoms with Gasteiger partial charge in [-0.2, -0.15) is 0 Å². The van der Waals surface area contributed by atoms with E-state index in [1.807, 2.05) is 20.8 Å². The van der Waals surface area contributed by atoms with Gasteiger partial charge in [-0.3, -0.25) is 9.59 Å². The molecule has 0 saturated carbocycles. The van der Waals surface area contributed by atoms with E-state index in [2.05, 4.69) is 5.32 Å². The van der Waals surface area contributed by atoms with Crippen LogP contribution in [0.15, 0.2) is 24.3 Å². The van der Waals surface area contributed by atoms with E-state index < -0.39 is 22.7 Å². The third-order valence-electron chi connectivity index (χ3n) is 4.89. The maximum Gasteiger partial charge on any atom is 0.269 e. The number of halogens is 1. The number of anilines is 1. The molecule has 1 aliphatic heterocycles. The molecule has 3 rings (SSSR count). The summed E-state index contributed by atoms with van der Waals surface area (Å²) in [6.07, 6.45) is 0. The molecule has 1 unspecified atom stereocenters. The summed E-state index contributed by atoms with van der Waals surface area (Å²) in [5.74, 6) is -1.81. The van der Waals surface area contributed by atoms with E-state index in [9.17, 15) is 19.8 Å². The number of Topliss-reactive ketones (excluding diaryl/α,β-unsaturated/α-hetero) is 1. The zero-order valence-corrected chi connectivity index (χ0v) is 17.1. The second kappa shape index (κ2) is 6.50. The number of aromatic hydroxyl groups is 1. The zero-order chi connectivity index (χ0) is 21.0. The van der Waals surface area contributed by atoms with Crippen molar-refractivity contribution in [2.45, 2.75) is 38.7 Å². The minimum atomic E-state index is -2.58. The Morgan fingerprint density at radius 3 is 2.36 bits per heavy atom. The molecule has 2 aromatic carbocycles. The first-order valence-electron chi connectivity index (χ1n) is 8.72.